The average molecular weight is 299 g/mol. The van der Waals surface area contributed by atoms with Gasteiger partial charge in [-0.2, -0.15) is 0 Å². The number of nitrogens with one attached hydrogen (secondary N) is 1. The van der Waals surface area contributed by atoms with E-state index in [1.807, 2.05) is 13.8 Å². The maximum atomic E-state index is 12.3. The predicted molar refractivity (Wildman–Crippen MR) is 80.9 cm³/mol. The van der Waals surface area contributed by atoms with Crippen molar-refractivity contribution in [3.8, 4) is 0 Å². The quantitative estimate of drug-likeness (QED) is 0.630. The summed E-state index contributed by atoms with van der Waals surface area (Å²) in [5.41, 5.74) is -0.901. The van der Waals surface area contributed by atoms with Crippen LogP contribution >= 0.6 is 0 Å². The fourth-order valence-corrected chi connectivity index (χ4v) is 3.15. The number of carboxylic acid groups (broad SMARTS) is 1. The normalized spacial score (nSPS) is 19.8. The molecule has 0 radical (unpaired) electrons. The Morgan fingerprint density at radius 1 is 1.14 bits per heavy atom. The first-order valence-corrected chi connectivity index (χ1v) is 8.05. The van der Waals surface area contributed by atoms with E-state index in [1.165, 1.54) is 0 Å². The molecule has 0 spiro atoms. The fourth-order valence-electron chi connectivity index (χ4n) is 3.15. The van der Waals surface area contributed by atoms with E-state index in [2.05, 4.69) is 5.32 Å². The van der Waals surface area contributed by atoms with Gasteiger partial charge in [-0.05, 0) is 25.2 Å². The van der Waals surface area contributed by atoms with Gasteiger partial charge in [-0.1, -0.05) is 39.5 Å². The Labute approximate surface area is 127 Å². The molecule has 21 heavy (non-hydrogen) atoms. The van der Waals surface area contributed by atoms with Gasteiger partial charge in [-0.25, -0.2) is 0 Å². The zero-order chi connectivity index (χ0) is 15.9. The Bertz CT molecular complexity index is 346. The molecule has 3 N–H and O–H groups in total. The second-order valence-corrected chi connectivity index (χ2v) is 6.61. The minimum Gasteiger partial charge on any atom is -0.481 e. The number of hydrogen-bond donors (Lipinski definition) is 3. The van der Waals surface area contributed by atoms with Gasteiger partial charge in [0.2, 0.25) is 5.91 Å². The van der Waals surface area contributed by atoms with E-state index in [0.717, 1.165) is 25.7 Å². The highest BCUT2D eigenvalue weighted by atomic mass is 16.4. The number of aliphatic hydroxyl groups excluding tert-OH is 1. The van der Waals surface area contributed by atoms with Crippen LogP contribution in [0.1, 0.15) is 65.2 Å². The highest BCUT2D eigenvalue weighted by Crippen LogP contribution is 2.38. The third kappa shape index (κ3) is 5.30. The van der Waals surface area contributed by atoms with Crippen molar-refractivity contribution in [3.05, 3.63) is 0 Å². The topological polar surface area (TPSA) is 86.6 Å². The lowest BCUT2D eigenvalue weighted by Gasteiger charge is -2.29. The summed E-state index contributed by atoms with van der Waals surface area (Å²) in [6.45, 7) is 3.99. The molecule has 1 unspecified atom stereocenters. The van der Waals surface area contributed by atoms with Crippen molar-refractivity contribution < 1.29 is 19.8 Å². The number of carbonyl (C=O) groups excluding carboxylic acids is 1. The van der Waals surface area contributed by atoms with Gasteiger partial charge in [0, 0.05) is 19.1 Å². The van der Waals surface area contributed by atoms with Crippen LogP contribution in [0.5, 0.6) is 0 Å². The van der Waals surface area contributed by atoms with Crippen molar-refractivity contribution >= 4 is 11.9 Å². The molecular formula is C16H29NO4. The molecule has 0 aromatic heterocycles. The van der Waals surface area contributed by atoms with Crippen molar-refractivity contribution in [2.75, 3.05) is 6.61 Å². The van der Waals surface area contributed by atoms with Gasteiger partial charge in [0.25, 0.3) is 0 Å². The average Bonchev–Trinajstić information content (AvgIpc) is 2.64. The molecule has 1 rings (SSSR count). The molecule has 5 heteroatoms. The molecule has 1 saturated carbocycles. The molecule has 1 amide bonds. The number of carbonyl (C=O) groups is 2. The van der Waals surface area contributed by atoms with Crippen LogP contribution in [0.25, 0.3) is 0 Å². The van der Waals surface area contributed by atoms with Crippen LogP contribution in [0, 0.1) is 11.3 Å². The fraction of sp³-hybridized carbons (Fsp3) is 0.875. The smallest absolute Gasteiger partial charge is 0.310 e. The number of rotatable bonds is 7. The molecule has 1 fully saturated rings. The largest absolute Gasteiger partial charge is 0.481 e. The van der Waals surface area contributed by atoms with Crippen LogP contribution < -0.4 is 5.32 Å². The molecular weight excluding hydrogens is 270 g/mol. The second-order valence-electron chi connectivity index (χ2n) is 6.61. The lowest BCUT2D eigenvalue weighted by atomic mass is 9.77. The monoisotopic (exact) mass is 299 g/mol. The van der Waals surface area contributed by atoms with Gasteiger partial charge in [0.1, 0.15) is 0 Å². The standard InChI is InChI=1S/C16H29NO4/c1-12(2)13(7-10-18)17-14(19)11-16(15(20)21)8-5-3-4-6-9-16/h12-13,18H,3-11H2,1-2H3,(H,17,19)(H,20,21). The van der Waals surface area contributed by atoms with E-state index in [-0.39, 0.29) is 30.9 Å². The molecule has 0 saturated heterocycles. The van der Waals surface area contributed by atoms with Crippen LogP contribution in [0.4, 0.5) is 0 Å². The molecule has 0 heterocycles. The zero-order valence-electron chi connectivity index (χ0n) is 13.2. The van der Waals surface area contributed by atoms with Crippen LogP contribution in [-0.2, 0) is 9.59 Å². The summed E-state index contributed by atoms with van der Waals surface area (Å²) in [5.74, 6) is -0.828. The van der Waals surface area contributed by atoms with Gasteiger partial charge in [-0.3, -0.25) is 9.59 Å². The maximum absolute atomic E-state index is 12.3. The summed E-state index contributed by atoms with van der Waals surface area (Å²) in [6, 6.07) is -0.0980. The van der Waals surface area contributed by atoms with Gasteiger partial charge in [-0.15, -0.1) is 0 Å². The highest BCUT2D eigenvalue weighted by molar-refractivity contribution is 5.85. The Morgan fingerprint density at radius 2 is 1.71 bits per heavy atom. The minimum atomic E-state index is -0.901. The molecule has 1 aliphatic carbocycles. The first kappa shape index (κ1) is 18.0. The van der Waals surface area contributed by atoms with Crippen LogP contribution in [0.3, 0.4) is 0 Å². The minimum absolute atomic E-state index is 0.0210. The van der Waals surface area contributed by atoms with Crippen molar-refractivity contribution in [2.45, 2.75) is 71.3 Å². The van der Waals surface area contributed by atoms with E-state index < -0.39 is 11.4 Å². The number of amides is 1. The van der Waals surface area contributed by atoms with E-state index in [0.29, 0.717) is 19.3 Å². The highest BCUT2D eigenvalue weighted by Gasteiger charge is 2.40. The molecule has 5 nitrogen and oxygen atoms in total. The van der Waals surface area contributed by atoms with E-state index >= 15 is 0 Å². The summed E-state index contributed by atoms with van der Waals surface area (Å²) in [5, 5.41) is 21.5. The number of hydrogen-bond acceptors (Lipinski definition) is 3. The molecule has 0 aliphatic heterocycles. The third-order valence-corrected chi connectivity index (χ3v) is 4.60. The molecule has 1 atom stereocenters. The summed E-state index contributed by atoms with van der Waals surface area (Å²) in [4.78, 5) is 24.0. The maximum Gasteiger partial charge on any atom is 0.310 e. The predicted octanol–water partition coefficient (Wildman–Crippen LogP) is 2.32. The summed E-state index contributed by atoms with van der Waals surface area (Å²) < 4.78 is 0. The van der Waals surface area contributed by atoms with Crippen LogP contribution in [0.15, 0.2) is 0 Å². The molecule has 122 valence electrons. The third-order valence-electron chi connectivity index (χ3n) is 4.60. The lowest BCUT2D eigenvalue weighted by molar-refractivity contribution is -0.153. The summed E-state index contributed by atoms with van der Waals surface area (Å²) in [6.07, 6.45) is 5.59. The number of aliphatic carboxylic acids is 1. The SMILES string of the molecule is CC(C)C(CCO)NC(=O)CC1(C(=O)O)CCCCCC1. The molecule has 0 aromatic carbocycles. The zero-order valence-corrected chi connectivity index (χ0v) is 13.2. The van der Waals surface area contributed by atoms with E-state index in [4.69, 9.17) is 5.11 Å². The number of carboxylic acids is 1. The van der Waals surface area contributed by atoms with Crippen molar-refractivity contribution in [1.82, 2.24) is 5.32 Å². The molecule has 0 bridgehead atoms. The van der Waals surface area contributed by atoms with Crippen LogP contribution in [-0.4, -0.2) is 34.7 Å². The molecule has 1 aliphatic rings. The second kappa shape index (κ2) is 8.37. The van der Waals surface area contributed by atoms with E-state index in [1.54, 1.807) is 0 Å². The van der Waals surface area contributed by atoms with Crippen molar-refractivity contribution in [2.24, 2.45) is 11.3 Å². The summed E-state index contributed by atoms with van der Waals surface area (Å²) >= 11 is 0. The molecule has 0 aromatic rings. The first-order valence-electron chi connectivity index (χ1n) is 8.05. The lowest BCUT2D eigenvalue weighted by Crippen LogP contribution is -2.43. The van der Waals surface area contributed by atoms with Crippen molar-refractivity contribution in [1.29, 1.82) is 0 Å². The van der Waals surface area contributed by atoms with Crippen molar-refractivity contribution in [3.63, 3.8) is 0 Å². The Balaban J connectivity index is 2.69. The number of aliphatic hydroxyl groups is 1. The Hall–Kier alpha value is -1.10. The Morgan fingerprint density at radius 3 is 2.14 bits per heavy atom. The van der Waals surface area contributed by atoms with E-state index in [9.17, 15) is 14.7 Å². The van der Waals surface area contributed by atoms with Gasteiger partial charge in [0.15, 0.2) is 0 Å². The summed E-state index contributed by atoms with van der Waals surface area (Å²) in [7, 11) is 0. The van der Waals surface area contributed by atoms with Gasteiger partial charge < -0.3 is 15.5 Å². The Kier molecular flexibility index (Phi) is 7.15. The van der Waals surface area contributed by atoms with Gasteiger partial charge in [0.05, 0.1) is 5.41 Å². The van der Waals surface area contributed by atoms with Gasteiger partial charge >= 0.3 is 5.97 Å². The first-order chi connectivity index (χ1) is 9.91. The van der Waals surface area contributed by atoms with Crippen LogP contribution in [0.2, 0.25) is 0 Å².